The Balaban J connectivity index is 3.32. The largest absolute Gasteiger partial charge is 0.454 e. The maximum absolute atomic E-state index is 12.9. The van der Waals surface area contributed by atoms with E-state index in [1.54, 1.807) is 0 Å². The first-order valence-electron chi connectivity index (χ1n) is 3.49. The van der Waals surface area contributed by atoms with Crippen LogP contribution in [0.1, 0.15) is 10.4 Å². The second-order valence-corrected chi connectivity index (χ2v) is 3.39. The Morgan fingerprint density at radius 2 is 1.73 bits per heavy atom. The van der Waals surface area contributed by atoms with Gasteiger partial charge in [-0.15, -0.1) is 0 Å². The fraction of sp³-hybridized carbons (Fsp3) is 0.125. The lowest BCUT2D eigenvalue weighted by molar-refractivity contribution is -0.0885. The van der Waals surface area contributed by atoms with Crippen LogP contribution >= 0.6 is 23.2 Å². The molecule has 1 aromatic rings. The van der Waals surface area contributed by atoms with Crippen LogP contribution < -0.4 is 0 Å². The minimum atomic E-state index is -5.11. The normalized spacial score (nSPS) is 11.6. The van der Waals surface area contributed by atoms with Gasteiger partial charge < -0.3 is 0 Å². The second-order valence-electron chi connectivity index (χ2n) is 2.58. The minimum Gasteiger partial charge on any atom is -0.284 e. The van der Waals surface area contributed by atoms with Gasteiger partial charge in [0.15, 0.2) is 0 Å². The van der Waals surface area contributed by atoms with E-state index in [0.717, 1.165) is 6.07 Å². The Labute approximate surface area is 91.6 Å². The molecule has 0 unspecified atom stereocenters. The third-order valence-electron chi connectivity index (χ3n) is 1.50. The third kappa shape index (κ3) is 2.60. The average Bonchev–Trinajstić information content (AvgIpc) is 2.08. The van der Waals surface area contributed by atoms with Gasteiger partial charge >= 0.3 is 6.18 Å². The fourth-order valence-corrected chi connectivity index (χ4v) is 1.27. The van der Waals surface area contributed by atoms with E-state index in [4.69, 9.17) is 23.2 Å². The summed E-state index contributed by atoms with van der Waals surface area (Å²) in [6.07, 6.45) is -5.11. The molecular weight excluding hydrogens is 259 g/mol. The van der Waals surface area contributed by atoms with Crippen LogP contribution in [-0.2, 0) is 0 Å². The van der Waals surface area contributed by atoms with E-state index in [2.05, 4.69) is 0 Å². The van der Waals surface area contributed by atoms with E-state index in [1.807, 2.05) is 0 Å². The molecule has 0 heterocycles. The predicted octanol–water partition coefficient (Wildman–Crippen LogP) is 3.88. The molecule has 1 rings (SSSR count). The summed E-state index contributed by atoms with van der Waals surface area (Å²) < 4.78 is 48.9. The molecule has 0 aromatic heterocycles. The molecule has 0 bridgehead atoms. The number of hydrogen-bond acceptors (Lipinski definition) is 1. The van der Waals surface area contributed by atoms with Gasteiger partial charge in [-0.2, -0.15) is 13.2 Å². The standard InChI is InChI=1S/C8H2Cl2F4O/c9-3-1-4(6(10)5(11)2-3)7(15)8(12,13)14/h1-2H. The lowest BCUT2D eigenvalue weighted by Gasteiger charge is -2.07. The molecule has 0 spiro atoms. The van der Waals surface area contributed by atoms with Crippen LogP contribution in [0, 0.1) is 5.82 Å². The van der Waals surface area contributed by atoms with E-state index in [0.29, 0.717) is 6.07 Å². The summed E-state index contributed by atoms with van der Waals surface area (Å²) in [6.45, 7) is 0. The number of Topliss-reactive ketones (excluding diaryl/α,β-unsaturated/α-hetero) is 1. The van der Waals surface area contributed by atoms with Crippen molar-refractivity contribution in [2.75, 3.05) is 0 Å². The SMILES string of the molecule is O=C(c1cc(Cl)cc(F)c1Cl)C(F)(F)F. The number of alkyl halides is 3. The van der Waals surface area contributed by atoms with Crippen molar-refractivity contribution in [3.05, 3.63) is 33.6 Å². The molecule has 0 atom stereocenters. The van der Waals surface area contributed by atoms with Gasteiger partial charge in [-0.3, -0.25) is 4.79 Å². The Morgan fingerprint density at radius 3 is 2.20 bits per heavy atom. The minimum absolute atomic E-state index is 0.329. The van der Waals surface area contributed by atoms with Crippen molar-refractivity contribution >= 4 is 29.0 Å². The monoisotopic (exact) mass is 260 g/mol. The molecule has 0 fully saturated rings. The van der Waals surface area contributed by atoms with Gasteiger partial charge in [0.25, 0.3) is 5.78 Å². The molecule has 0 saturated carbocycles. The van der Waals surface area contributed by atoms with Gasteiger partial charge in [0.2, 0.25) is 0 Å². The first kappa shape index (κ1) is 12.3. The highest BCUT2D eigenvalue weighted by Crippen LogP contribution is 2.30. The van der Waals surface area contributed by atoms with Gasteiger partial charge in [0.05, 0.1) is 10.6 Å². The topological polar surface area (TPSA) is 17.1 Å². The van der Waals surface area contributed by atoms with Crippen LogP contribution in [0.2, 0.25) is 10.0 Å². The van der Waals surface area contributed by atoms with E-state index in [1.165, 1.54) is 0 Å². The summed E-state index contributed by atoms with van der Waals surface area (Å²) in [5, 5.41) is -1.22. The number of ketones is 1. The van der Waals surface area contributed by atoms with Crippen LogP contribution in [0.15, 0.2) is 12.1 Å². The molecule has 0 N–H and O–H groups in total. The number of hydrogen-bond donors (Lipinski definition) is 0. The zero-order valence-electron chi connectivity index (χ0n) is 6.83. The van der Waals surface area contributed by atoms with Crippen LogP contribution in [-0.4, -0.2) is 12.0 Å². The van der Waals surface area contributed by atoms with E-state index >= 15 is 0 Å². The highest BCUT2D eigenvalue weighted by Gasteiger charge is 2.40. The van der Waals surface area contributed by atoms with Gasteiger partial charge in [0, 0.05) is 5.02 Å². The van der Waals surface area contributed by atoms with Crippen molar-refractivity contribution in [1.82, 2.24) is 0 Å². The van der Waals surface area contributed by atoms with Crippen molar-refractivity contribution in [3.8, 4) is 0 Å². The van der Waals surface area contributed by atoms with E-state index in [9.17, 15) is 22.4 Å². The highest BCUT2D eigenvalue weighted by molar-refractivity contribution is 6.36. The van der Waals surface area contributed by atoms with Crippen molar-refractivity contribution in [2.45, 2.75) is 6.18 Å². The van der Waals surface area contributed by atoms with Gasteiger partial charge in [-0.05, 0) is 12.1 Å². The lowest BCUT2D eigenvalue weighted by atomic mass is 10.1. The predicted molar refractivity (Wildman–Crippen MR) is 46.8 cm³/mol. The zero-order valence-corrected chi connectivity index (χ0v) is 8.34. The fourth-order valence-electron chi connectivity index (χ4n) is 0.874. The quantitative estimate of drug-likeness (QED) is 0.426. The molecule has 7 heteroatoms. The number of benzene rings is 1. The van der Waals surface area contributed by atoms with Gasteiger partial charge in [-0.25, -0.2) is 4.39 Å². The van der Waals surface area contributed by atoms with Gasteiger partial charge in [0.1, 0.15) is 5.82 Å². The molecule has 15 heavy (non-hydrogen) atoms. The first-order chi connectivity index (χ1) is 6.73. The van der Waals surface area contributed by atoms with Crippen molar-refractivity contribution in [3.63, 3.8) is 0 Å². The van der Waals surface area contributed by atoms with E-state index < -0.39 is 28.4 Å². The Bertz CT molecular complexity index is 414. The second kappa shape index (κ2) is 3.98. The summed E-state index contributed by atoms with van der Waals surface area (Å²) in [5.74, 6) is -3.40. The molecule has 1 nitrogen and oxygen atoms in total. The maximum atomic E-state index is 12.9. The van der Waals surface area contributed by atoms with Crippen molar-refractivity contribution < 1.29 is 22.4 Å². The van der Waals surface area contributed by atoms with Crippen LogP contribution in [0.3, 0.4) is 0 Å². The Morgan fingerprint density at radius 1 is 1.20 bits per heavy atom. The molecule has 0 saturated heterocycles. The number of carbonyl (C=O) groups excluding carboxylic acids is 1. The molecule has 1 aromatic carbocycles. The van der Waals surface area contributed by atoms with Crippen molar-refractivity contribution in [2.24, 2.45) is 0 Å². The average molecular weight is 261 g/mol. The van der Waals surface area contributed by atoms with E-state index in [-0.39, 0.29) is 5.02 Å². The van der Waals surface area contributed by atoms with Crippen LogP contribution in [0.25, 0.3) is 0 Å². The first-order valence-corrected chi connectivity index (χ1v) is 4.25. The highest BCUT2D eigenvalue weighted by atomic mass is 35.5. The number of halogens is 6. The van der Waals surface area contributed by atoms with Crippen LogP contribution in [0.4, 0.5) is 17.6 Å². The number of carbonyl (C=O) groups is 1. The molecule has 0 amide bonds. The maximum Gasteiger partial charge on any atom is 0.454 e. The Kier molecular flexibility index (Phi) is 3.25. The molecule has 0 aliphatic carbocycles. The van der Waals surface area contributed by atoms with Gasteiger partial charge in [-0.1, -0.05) is 23.2 Å². The molecule has 0 radical (unpaired) electrons. The van der Waals surface area contributed by atoms with Crippen LogP contribution in [0.5, 0.6) is 0 Å². The summed E-state index contributed by atoms with van der Waals surface area (Å²) in [6, 6.07) is 1.39. The summed E-state index contributed by atoms with van der Waals surface area (Å²) >= 11 is 10.5. The molecule has 0 aliphatic heterocycles. The zero-order chi connectivity index (χ0) is 11.8. The summed E-state index contributed by atoms with van der Waals surface area (Å²) in [5.41, 5.74) is -0.992. The molecule has 0 aliphatic rings. The third-order valence-corrected chi connectivity index (χ3v) is 2.10. The lowest BCUT2D eigenvalue weighted by Crippen LogP contribution is -2.23. The summed E-state index contributed by atoms with van der Waals surface area (Å²) in [4.78, 5) is 10.8. The smallest absolute Gasteiger partial charge is 0.284 e. The summed E-state index contributed by atoms with van der Waals surface area (Å²) in [7, 11) is 0. The molecule has 82 valence electrons. The van der Waals surface area contributed by atoms with Crippen molar-refractivity contribution in [1.29, 1.82) is 0 Å². The molecular formula is C8H2Cl2F4O. The number of rotatable bonds is 1. The Hall–Kier alpha value is -0.810.